The maximum atomic E-state index is 9.57. The van der Waals surface area contributed by atoms with Gasteiger partial charge in [-0.3, -0.25) is 4.79 Å². The minimum atomic E-state index is -1.31. The van der Waals surface area contributed by atoms with Gasteiger partial charge in [0.2, 0.25) is 11.7 Å². The van der Waals surface area contributed by atoms with E-state index in [0.29, 0.717) is 13.2 Å². The van der Waals surface area contributed by atoms with Crippen LogP contribution in [0.5, 0.6) is 0 Å². The Morgan fingerprint density at radius 3 is 2.26 bits per heavy atom. The lowest BCUT2D eigenvalue weighted by atomic mass is 10.0. The summed E-state index contributed by atoms with van der Waals surface area (Å²) >= 11 is 0. The van der Waals surface area contributed by atoms with Gasteiger partial charge >= 0.3 is 0 Å². The number of aliphatic hydroxyl groups is 3. The molecule has 0 spiro atoms. The second kappa shape index (κ2) is 6.94. The Balaban J connectivity index is 0.000000312. The standard InChI is InChI=1S/C8H14O6.C3H5NO/c9-4-8(13-1-2-14-8)7-6(11)5(10)3-12-7;1-2-3(4)5/h5-7,9-11H,1-4H2;2H,1H2,(H2,4,5)/t5-,6+,7-;/m0./s1. The zero-order valence-electron chi connectivity index (χ0n) is 10.4. The van der Waals surface area contributed by atoms with Crippen molar-refractivity contribution in [1.82, 2.24) is 0 Å². The van der Waals surface area contributed by atoms with Crippen LogP contribution in [-0.2, 0) is 19.0 Å². The maximum Gasteiger partial charge on any atom is 0.240 e. The van der Waals surface area contributed by atoms with Crippen molar-refractivity contribution in [3.8, 4) is 0 Å². The zero-order valence-corrected chi connectivity index (χ0v) is 10.4. The lowest BCUT2D eigenvalue weighted by Gasteiger charge is -2.32. The first-order valence-corrected chi connectivity index (χ1v) is 5.75. The molecule has 0 aromatic carbocycles. The summed E-state index contributed by atoms with van der Waals surface area (Å²) in [7, 11) is 0. The molecule has 2 rings (SSSR count). The van der Waals surface area contributed by atoms with Crippen molar-refractivity contribution >= 4 is 5.91 Å². The fraction of sp³-hybridized carbons (Fsp3) is 0.727. The highest BCUT2D eigenvalue weighted by atomic mass is 16.8. The summed E-state index contributed by atoms with van der Waals surface area (Å²) < 4.78 is 15.6. The molecule has 110 valence electrons. The number of aliphatic hydroxyl groups excluding tert-OH is 3. The van der Waals surface area contributed by atoms with E-state index in [0.717, 1.165) is 6.08 Å². The molecule has 0 aliphatic carbocycles. The van der Waals surface area contributed by atoms with Crippen LogP contribution in [0.3, 0.4) is 0 Å². The monoisotopic (exact) mass is 277 g/mol. The van der Waals surface area contributed by atoms with Gasteiger partial charge in [-0.2, -0.15) is 0 Å². The third-order valence-electron chi connectivity index (χ3n) is 2.78. The molecule has 0 unspecified atom stereocenters. The molecule has 5 N–H and O–H groups in total. The zero-order chi connectivity index (χ0) is 14.5. The Kier molecular flexibility index (Phi) is 5.85. The first-order chi connectivity index (χ1) is 8.96. The molecule has 8 heteroatoms. The average Bonchev–Trinajstić information content (AvgIpc) is 3.00. The van der Waals surface area contributed by atoms with Crippen molar-refractivity contribution in [1.29, 1.82) is 0 Å². The number of hydrogen-bond donors (Lipinski definition) is 4. The van der Waals surface area contributed by atoms with Gasteiger partial charge in [-0.05, 0) is 6.08 Å². The van der Waals surface area contributed by atoms with Crippen LogP contribution in [0.4, 0.5) is 0 Å². The van der Waals surface area contributed by atoms with Crippen LogP contribution in [0.1, 0.15) is 0 Å². The largest absolute Gasteiger partial charge is 0.391 e. The van der Waals surface area contributed by atoms with Gasteiger partial charge in [-0.25, -0.2) is 0 Å². The topological polar surface area (TPSA) is 131 Å². The molecule has 0 aromatic rings. The molecule has 3 atom stereocenters. The molecular weight excluding hydrogens is 258 g/mol. The second-order valence-electron chi connectivity index (χ2n) is 4.09. The molecular formula is C11H19NO7. The summed E-state index contributed by atoms with van der Waals surface area (Å²) in [5.74, 6) is -1.79. The predicted octanol–water partition coefficient (Wildman–Crippen LogP) is -2.50. The molecule has 2 heterocycles. The van der Waals surface area contributed by atoms with Crippen LogP contribution in [0.15, 0.2) is 12.7 Å². The van der Waals surface area contributed by atoms with Gasteiger partial charge in [0.15, 0.2) is 0 Å². The third kappa shape index (κ3) is 3.72. The van der Waals surface area contributed by atoms with Crippen molar-refractivity contribution in [2.75, 3.05) is 26.4 Å². The number of nitrogens with two attached hydrogens (primary N) is 1. The van der Waals surface area contributed by atoms with Gasteiger partial charge in [-0.1, -0.05) is 6.58 Å². The van der Waals surface area contributed by atoms with Crippen LogP contribution < -0.4 is 5.73 Å². The van der Waals surface area contributed by atoms with Crippen molar-refractivity contribution in [2.45, 2.75) is 24.1 Å². The third-order valence-corrected chi connectivity index (χ3v) is 2.78. The Hall–Kier alpha value is -1.03. The molecule has 2 saturated heterocycles. The number of amides is 1. The van der Waals surface area contributed by atoms with E-state index in [1.54, 1.807) is 0 Å². The molecule has 8 nitrogen and oxygen atoms in total. The summed E-state index contributed by atoms with van der Waals surface area (Å²) in [5, 5.41) is 28.0. The highest BCUT2D eigenvalue weighted by Gasteiger charge is 2.53. The van der Waals surface area contributed by atoms with Gasteiger partial charge in [-0.15, -0.1) is 0 Å². The normalized spacial score (nSPS) is 32.5. The second-order valence-corrected chi connectivity index (χ2v) is 4.09. The van der Waals surface area contributed by atoms with Crippen molar-refractivity contribution in [3.63, 3.8) is 0 Å². The lowest BCUT2D eigenvalue weighted by Crippen LogP contribution is -2.52. The minimum absolute atomic E-state index is 0.0281. The molecule has 0 bridgehead atoms. The SMILES string of the molecule is C=CC(N)=O.OCC1([C@H]2OC[C@H](O)[C@H]2O)OCCO1. The van der Waals surface area contributed by atoms with Crippen LogP contribution in [0.2, 0.25) is 0 Å². The maximum absolute atomic E-state index is 9.57. The van der Waals surface area contributed by atoms with E-state index >= 15 is 0 Å². The minimum Gasteiger partial charge on any atom is -0.391 e. The van der Waals surface area contributed by atoms with E-state index in [4.69, 9.17) is 19.3 Å². The van der Waals surface area contributed by atoms with E-state index < -0.39 is 36.6 Å². The highest BCUT2D eigenvalue weighted by Crippen LogP contribution is 2.31. The van der Waals surface area contributed by atoms with E-state index in [1.807, 2.05) is 0 Å². The molecule has 2 aliphatic rings. The van der Waals surface area contributed by atoms with E-state index in [2.05, 4.69) is 12.3 Å². The van der Waals surface area contributed by atoms with Crippen LogP contribution in [0, 0.1) is 0 Å². The fourth-order valence-corrected chi connectivity index (χ4v) is 1.80. The summed E-state index contributed by atoms with van der Waals surface area (Å²) in [5.41, 5.74) is 4.53. The Morgan fingerprint density at radius 2 is 1.95 bits per heavy atom. The molecule has 19 heavy (non-hydrogen) atoms. The molecule has 1 amide bonds. The highest BCUT2D eigenvalue weighted by molar-refractivity contribution is 5.84. The quantitative estimate of drug-likeness (QED) is 0.419. The molecule has 0 radical (unpaired) electrons. The van der Waals surface area contributed by atoms with Crippen LogP contribution >= 0.6 is 0 Å². The van der Waals surface area contributed by atoms with Gasteiger partial charge in [0, 0.05) is 0 Å². The lowest BCUT2D eigenvalue weighted by molar-refractivity contribution is -0.254. The average molecular weight is 277 g/mol. The number of primary amides is 1. The van der Waals surface area contributed by atoms with Crippen LogP contribution in [-0.4, -0.2) is 71.8 Å². The van der Waals surface area contributed by atoms with Crippen LogP contribution in [0.25, 0.3) is 0 Å². The number of ether oxygens (including phenoxy) is 3. The first-order valence-electron chi connectivity index (χ1n) is 5.75. The summed E-state index contributed by atoms with van der Waals surface area (Å²) in [6.45, 7) is 3.41. The van der Waals surface area contributed by atoms with Gasteiger partial charge in [0.25, 0.3) is 0 Å². The molecule has 2 aliphatic heterocycles. The Morgan fingerprint density at radius 1 is 1.42 bits per heavy atom. The summed E-state index contributed by atoms with van der Waals surface area (Å²) in [6, 6.07) is 0. The Bertz CT molecular complexity index is 316. The van der Waals surface area contributed by atoms with E-state index in [1.165, 1.54) is 0 Å². The van der Waals surface area contributed by atoms with E-state index in [-0.39, 0.29) is 6.61 Å². The van der Waals surface area contributed by atoms with E-state index in [9.17, 15) is 15.0 Å². The number of carbonyl (C=O) groups is 1. The number of carbonyl (C=O) groups excluding carboxylic acids is 1. The Labute approximate surface area is 110 Å². The summed E-state index contributed by atoms with van der Waals surface area (Å²) in [6.07, 6.45) is -1.80. The van der Waals surface area contributed by atoms with Gasteiger partial charge in [0.05, 0.1) is 19.8 Å². The molecule has 0 saturated carbocycles. The van der Waals surface area contributed by atoms with Gasteiger partial charge in [0.1, 0.15) is 24.9 Å². The van der Waals surface area contributed by atoms with Crippen molar-refractivity contribution in [3.05, 3.63) is 12.7 Å². The van der Waals surface area contributed by atoms with Crippen molar-refractivity contribution in [2.24, 2.45) is 5.73 Å². The molecule has 0 aromatic heterocycles. The predicted molar refractivity (Wildman–Crippen MR) is 62.9 cm³/mol. The summed E-state index contributed by atoms with van der Waals surface area (Å²) in [4.78, 5) is 9.47. The number of rotatable bonds is 3. The molecule has 2 fully saturated rings. The number of hydrogen-bond acceptors (Lipinski definition) is 7. The smallest absolute Gasteiger partial charge is 0.240 e. The van der Waals surface area contributed by atoms with Gasteiger partial charge < -0.3 is 35.3 Å². The van der Waals surface area contributed by atoms with Crippen molar-refractivity contribution < 1.29 is 34.3 Å². The fourth-order valence-electron chi connectivity index (χ4n) is 1.80. The first kappa shape index (κ1) is 16.0.